The molecule has 0 amide bonds. The Morgan fingerprint density at radius 3 is 2.85 bits per heavy atom. The van der Waals surface area contributed by atoms with Crippen LogP contribution in [0.3, 0.4) is 0 Å². The molecule has 0 radical (unpaired) electrons. The van der Waals surface area contributed by atoms with Crippen molar-refractivity contribution in [3.63, 3.8) is 0 Å². The fourth-order valence-corrected chi connectivity index (χ4v) is 2.97. The van der Waals surface area contributed by atoms with Gasteiger partial charge in [-0.05, 0) is 12.1 Å². The molecule has 1 N–H and O–H groups in total. The summed E-state index contributed by atoms with van der Waals surface area (Å²) in [7, 11) is 0. The molecule has 0 unspecified atom stereocenters. The van der Waals surface area contributed by atoms with E-state index in [1.54, 1.807) is 0 Å². The minimum Gasteiger partial charge on any atom is -0.329 e. The highest BCUT2D eigenvalue weighted by molar-refractivity contribution is 9.10. The van der Waals surface area contributed by atoms with Crippen LogP contribution in [0.15, 0.2) is 41.3 Å². The van der Waals surface area contributed by atoms with Gasteiger partial charge in [0.15, 0.2) is 0 Å². The number of nitrogens with one attached hydrogen (secondary N) is 1. The van der Waals surface area contributed by atoms with Crippen molar-refractivity contribution in [2.24, 2.45) is 0 Å². The lowest BCUT2D eigenvalue weighted by molar-refractivity contribution is 0.233. The van der Waals surface area contributed by atoms with E-state index in [9.17, 15) is 0 Å². The van der Waals surface area contributed by atoms with E-state index in [-0.39, 0.29) is 0 Å². The lowest BCUT2D eigenvalue weighted by Crippen LogP contribution is -2.44. The Kier molecular flexibility index (Phi) is 4.50. The van der Waals surface area contributed by atoms with E-state index in [0.717, 1.165) is 43.7 Å². The number of hydrogen-bond donors (Lipinski definition) is 1. The van der Waals surface area contributed by atoms with E-state index in [4.69, 9.17) is 0 Å². The van der Waals surface area contributed by atoms with Crippen molar-refractivity contribution in [1.82, 2.24) is 19.8 Å². The third-order valence-electron chi connectivity index (χ3n) is 3.70. The molecular weight excluding hydrogens is 316 g/mol. The molecule has 1 saturated heterocycles. The standard InChI is InChI=1S/C15H19BrN4/c16-14-3-1-2-13(10-14)15-11-18-12-20(15)9-8-19-6-4-17-5-7-19/h1-3,10-12,17H,4-9H2. The quantitative estimate of drug-likeness (QED) is 0.930. The highest BCUT2D eigenvalue weighted by atomic mass is 79.9. The minimum absolute atomic E-state index is 0.988. The van der Waals surface area contributed by atoms with Crippen LogP contribution in [0.25, 0.3) is 11.3 Å². The second-order valence-corrected chi connectivity index (χ2v) is 5.99. The van der Waals surface area contributed by atoms with Crippen molar-refractivity contribution in [2.45, 2.75) is 6.54 Å². The van der Waals surface area contributed by atoms with Gasteiger partial charge in [0.1, 0.15) is 0 Å². The highest BCUT2D eigenvalue weighted by Crippen LogP contribution is 2.22. The van der Waals surface area contributed by atoms with Crippen LogP contribution < -0.4 is 5.32 Å². The number of piperazine rings is 1. The summed E-state index contributed by atoms with van der Waals surface area (Å²) in [5.74, 6) is 0. The summed E-state index contributed by atoms with van der Waals surface area (Å²) in [5.41, 5.74) is 2.39. The van der Waals surface area contributed by atoms with Crippen molar-refractivity contribution in [3.05, 3.63) is 41.3 Å². The molecule has 5 heteroatoms. The van der Waals surface area contributed by atoms with Gasteiger partial charge in [-0.15, -0.1) is 0 Å². The van der Waals surface area contributed by atoms with Crippen LogP contribution in [-0.2, 0) is 6.54 Å². The molecule has 1 aliphatic heterocycles. The van der Waals surface area contributed by atoms with E-state index < -0.39 is 0 Å². The molecule has 0 atom stereocenters. The van der Waals surface area contributed by atoms with Gasteiger partial charge in [-0.1, -0.05) is 28.1 Å². The summed E-state index contributed by atoms with van der Waals surface area (Å²) in [6.07, 6.45) is 3.87. The summed E-state index contributed by atoms with van der Waals surface area (Å²) in [6, 6.07) is 8.37. The average molecular weight is 335 g/mol. The van der Waals surface area contributed by atoms with Crippen LogP contribution in [-0.4, -0.2) is 47.2 Å². The summed E-state index contributed by atoms with van der Waals surface area (Å²) in [4.78, 5) is 6.81. The van der Waals surface area contributed by atoms with Crippen LogP contribution >= 0.6 is 15.9 Å². The molecule has 2 heterocycles. The lowest BCUT2D eigenvalue weighted by atomic mass is 10.2. The summed E-state index contributed by atoms with van der Waals surface area (Å²) in [5, 5.41) is 3.39. The maximum Gasteiger partial charge on any atom is 0.0951 e. The molecule has 2 aromatic rings. The predicted octanol–water partition coefficient (Wildman–Crippen LogP) is 2.22. The maximum atomic E-state index is 4.31. The van der Waals surface area contributed by atoms with Crippen molar-refractivity contribution in [3.8, 4) is 11.3 Å². The molecule has 0 bridgehead atoms. The number of hydrogen-bond acceptors (Lipinski definition) is 3. The minimum atomic E-state index is 0.988. The van der Waals surface area contributed by atoms with Crippen molar-refractivity contribution in [2.75, 3.05) is 32.7 Å². The van der Waals surface area contributed by atoms with Crippen LogP contribution in [0.4, 0.5) is 0 Å². The SMILES string of the molecule is Brc1cccc(-c2cncn2CCN2CCNCC2)c1. The molecule has 4 nitrogen and oxygen atoms in total. The van der Waals surface area contributed by atoms with E-state index >= 15 is 0 Å². The number of benzene rings is 1. The third-order valence-corrected chi connectivity index (χ3v) is 4.19. The smallest absolute Gasteiger partial charge is 0.0951 e. The first-order valence-corrected chi connectivity index (χ1v) is 7.81. The first-order valence-electron chi connectivity index (χ1n) is 7.02. The second-order valence-electron chi connectivity index (χ2n) is 5.07. The maximum absolute atomic E-state index is 4.31. The molecule has 1 aliphatic rings. The molecule has 1 aromatic carbocycles. The third kappa shape index (κ3) is 3.29. The fraction of sp³-hybridized carbons (Fsp3) is 0.400. The molecule has 3 rings (SSSR count). The van der Waals surface area contributed by atoms with Gasteiger partial charge in [-0.25, -0.2) is 4.98 Å². The van der Waals surface area contributed by atoms with Crippen molar-refractivity contribution < 1.29 is 0 Å². The Labute approximate surface area is 127 Å². The Bertz CT molecular complexity index is 561. The van der Waals surface area contributed by atoms with Gasteiger partial charge in [0, 0.05) is 49.3 Å². The van der Waals surface area contributed by atoms with Gasteiger partial charge >= 0.3 is 0 Å². The number of halogens is 1. The first-order chi connectivity index (χ1) is 9.83. The van der Waals surface area contributed by atoms with Gasteiger partial charge in [0.25, 0.3) is 0 Å². The van der Waals surface area contributed by atoms with Crippen LogP contribution in [0.5, 0.6) is 0 Å². The summed E-state index contributed by atoms with van der Waals surface area (Å²) >= 11 is 3.53. The number of aromatic nitrogens is 2. The van der Waals surface area contributed by atoms with Gasteiger partial charge in [0.05, 0.1) is 18.2 Å². The van der Waals surface area contributed by atoms with E-state index in [0.29, 0.717) is 0 Å². The number of nitrogens with zero attached hydrogens (tertiary/aromatic N) is 3. The summed E-state index contributed by atoms with van der Waals surface area (Å²) in [6.45, 7) is 6.55. The zero-order valence-corrected chi connectivity index (χ0v) is 13.0. The average Bonchev–Trinajstić information content (AvgIpc) is 2.95. The Hall–Kier alpha value is -1.17. The molecule has 0 spiro atoms. The number of imidazole rings is 1. The molecule has 1 aromatic heterocycles. The predicted molar refractivity (Wildman–Crippen MR) is 84.7 cm³/mol. The largest absolute Gasteiger partial charge is 0.329 e. The topological polar surface area (TPSA) is 33.1 Å². The van der Waals surface area contributed by atoms with Gasteiger partial charge in [0.2, 0.25) is 0 Å². The molecule has 20 heavy (non-hydrogen) atoms. The van der Waals surface area contributed by atoms with Crippen molar-refractivity contribution in [1.29, 1.82) is 0 Å². The van der Waals surface area contributed by atoms with Gasteiger partial charge < -0.3 is 9.88 Å². The Morgan fingerprint density at radius 2 is 2.05 bits per heavy atom. The van der Waals surface area contributed by atoms with Crippen molar-refractivity contribution >= 4 is 15.9 Å². The summed E-state index contributed by atoms with van der Waals surface area (Å²) < 4.78 is 3.34. The van der Waals surface area contributed by atoms with E-state index in [1.165, 1.54) is 11.3 Å². The second kappa shape index (κ2) is 6.52. The normalized spacial score (nSPS) is 16.4. The zero-order valence-electron chi connectivity index (χ0n) is 11.4. The first kappa shape index (κ1) is 13.8. The fourth-order valence-electron chi connectivity index (χ4n) is 2.57. The lowest BCUT2D eigenvalue weighted by Gasteiger charge is -2.27. The van der Waals surface area contributed by atoms with Gasteiger partial charge in [-0.3, -0.25) is 4.90 Å². The molecule has 106 valence electrons. The highest BCUT2D eigenvalue weighted by Gasteiger charge is 2.11. The van der Waals surface area contributed by atoms with E-state index in [2.05, 4.69) is 53.9 Å². The van der Waals surface area contributed by atoms with Crippen LogP contribution in [0.2, 0.25) is 0 Å². The van der Waals surface area contributed by atoms with Crippen LogP contribution in [0, 0.1) is 0 Å². The monoisotopic (exact) mass is 334 g/mol. The zero-order chi connectivity index (χ0) is 13.8. The van der Waals surface area contributed by atoms with Crippen LogP contribution in [0.1, 0.15) is 0 Å². The molecule has 0 saturated carbocycles. The van der Waals surface area contributed by atoms with E-state index in [1.807, 2.05) is 18.6 Å². The molecule has 0 aliphatic carbocycles. The Morgan fingerprint density at radius 1 is 1.20 bits per heavy atom. The number of rotatable bonds is 4. The molecular formula is C15H19BrN4. The van der Waals surface area contributed by atoms with Gasteiger partial charge in [-0.2, -0.15) is 0 Å². The molecule has 1 fully saturated rings. The Balaban J connectivity index is 1.70.